The Balaban J connectivity index is 1.26. The second-order valence-electron chi connectivity index (χ2n) is 11.3. The molecule has 1 nitrogen and oxygen atoms in total. The maximum Gasteiger partial charge on any atom is 0.0704 e. The van der Waals surface area contributed by atoms with Gasteiger partial charge in [0.05, 0.1) is 5.69 Å². The minimum Gasteiger partial charge on any atom is -0.256 e. The Morgan fingerprint density at radius 1 is 0.833 bits per heavy atom. The maximum absolute atomic E-state index is 4.81. The molecular formula is C34H33NS. The molecule has 36 heavy (non-hydrogen) atoms. The predicted molar refractivity (Wildman–Crippen MR) is 155 cm³/mol. The van der Waals surface area contributed by atoms with Crippen LogP contribution in [0.5, 0.6) is 0 Å². The highest BCUT2D eigenvalue weighted by Crippen LogP contribution is 2.46. The lowest BCUT2D eigenvalue weighted by Crippen LogP contribution is -2.32. The molecule has 0 N–H and O–H groups in total. The van der Waals surface area contributed by atoms with Gasteiger partial charge in [0.1, 0.15) is 0 Å². The molecule has 3 fully saturated rings. The maximum atomic E-state index is 4.81. The first-order chi connectivity index (χ1) is 17.6. The third-order valence-corrected chi connectivity index (χ3v) is 10.4. The predicted octanol–water partition coefficient (Wildman–Crippen LogP) is 9.77. The highest BCUT2D eigenvalue weighted by Gasteiger charge is 2.35. The third kappa shape index (κ3) is 3.78. The minimum absolute atomic E-state index is 0.876. The van der Waals surface area contributed by atoms with Crippen LogP contribution in [0.15, 0.2) is 72.9 Å². The molecule has 0 aliphatic heterocycles. The lowest BCUT2D eigenvalue weighted by atomic mass is 9.63. The smallest absolute Gasteiger partial charge is 0.0704 e. The van der Waals surface area contributed by atoms with E-state index in [0.717, 1.165) is 23.4 Å². The normalized spacial score (nSPS) is 21.4. The van der Waals surface area contributed by atoms with Gasteiger partial charge in [-0.25, -0.2) is 0 Å². The van der Waals surface area contributed by atoms with Crippen molar-refractivity contribution in [2.75, 3.05) is 0 Å². The molecule has 1 unspecified atom stereocenters. The molecule has 2 heterocycles. The molecule has 0 saturated heterocycles. The summed E-state index contributed by atoms with van der Waals surface area (Å²) in [6, 6.07) is 24.8. The number of aromatic nitrogens is 1. The molecule has 1 atom stereocenters. The summed E-state index contributed by atoms with van der Waals surface area (Å²) in [5, 5.41) is 2.73. The van der Waals surface area contributed by atoms with Crippen molar-refractivity contribution < 1.29 is 0 Å². The molecule has 0 spiro atoms. The summed E-state index contributed by atoms with van der Waals surface area (Å²) in [5.41, 5.74) is 9.23. The fourth-order valence-electron chi connectivity index (χ4n) is 7.27. The van der Waals surface area contributed by atoms with E-state index in [4.69, 9.17) is 4.98 Å². The monoisotopic (exact) mass is 487 g/mol. The van der Waals surface area contributed by atoms with Crippen LogP contribution in [0.2, 0.25) is 0 Å². The van der Waals surface area contributed by atoms with Crippen LogP contribution in [0.3, 0.4) is 0 Å². The van der Waals surface area contributed by atoms with E-state index < -0.39 is 0 Å². The van der Waals surface area contributed by atoms with Gasteiger partial charge < -0.3 is 0 Å². The fourth-order valence-corrected chi connectivity index (χ4v) is 8.44. The van der Waals surface area contributed by atoms with E-state index in [0.29, 0.717) is 0 Å². The molecule has 3 saturated carbocycles. The highest BCUT2D eigenvalue weighted by atomic mass is 32.1. The van der Waals surface area contributed by atoms with Crippen LogP contribution in [0.1, 0.15) is 48.8 Å². The molecule has 180 valence electrons. The zero-order valence-electron chi connectivity index (χ0n) is 21.3. The van der Waals surface area contributed by atoms with Crippen molar-refractivity contribution >= 4 is 31.5 Å². The van der Waals surface area contributed by atoms with Gasteiger partial charge in [-0.05, 0) is 115 Å². The van der Waals surface area contributed by atoms with E-state index in [1.807, 2.05) is 17.5 Å². The van der Waals surface area contributed by atoms with E-state index in [9.17, 15) is 0 Å². The Labute approximate surface area is 218 Å². The van der Waals surface area contributed by atoms with Crippen LogP contribution in [-0.4, -0.2) is 4.98 Å². The number of pyridine rings is 1. The molecule has 0 amide bonds. The third-order valence-electron chi connectivity index (χ3n) is 9.07. The minimum atomic E-state index is 0.876. The molecule has 5 aromatic rings. The summed E-state index contributed by atoms with van der Waals surface area (Å²) in [7, 11) is 0. The Hall–Kier alpha value is -2.97. The van der Waals surface area contributed by atoms with Gasteiger partial charge in [0.25, 0.3) is 0 Å². The molecule has 0 radical (unpaired) electrons. The van der Waals surface area contributed by atoms with Gasteiger partial charge in [-0.1, -0.05) is 49.2 Å². The first kappa shape index (κ1) is 22.2. The molecular weight excluding hydrogens is 454 g/mol. The number of hydrogen-bond donors (Lipinski definition) is 0. The summed E-state index contributed by atoms with van der Waals surface area (Å²) >= 11 is 1.92. The topological polar surface area (TPSA) is 12.9 Å². The van der Waals surface area contributed by atoms with Crippen molar-refractivity contribution in [2.45, 2.75) is 52.4 Å². The van der Waals surface area contributed by atoms with Crippen molar-refractivity contribution in [3.63, 3.8) is 0 Å². The molecule has 2 heteroatoms. The number of benzene rings is 3. The van der Waals surface area contributed by atoms with Gasteiger partial charge in [-0.2, -0.15) is 0 Å². The Kier molecular flexibility index (Phi) is 5.47. The van der Waals surface area contributed by atoms with Crippen LogP contribution in [0.4, 0.5) is 0 Å². The molecule has 8 rings (SSSR count). The summed E-state index contributed by atoms with van der Waals surface area (Å²) < 4.78 is 2.76. The highest BCUT2D eigenvalue weighted by molar-refractivity contribution is 7.26. The largest absolute Gasteiger partial charge is 0.256 e. The number of rotatable bonds is 4. The zero-order chi connectivity index (χ0) is 24.2. The Bertz CT molecular complexity index is 1570. The standard InChI is InChI=1S/C34H33NS/c1-21-16-30-29-20-27(12-13-32(29)36-34(30)22(2)33(21)26-6-4-3-5-7-26)31-19-24(14-15-35-31)18-28-17-23-8-10-25(28)11-9-23/h3-7,12-16,19-20,23,25,28H,8-11,17-18H2,1-2H3. The van der Waals surface area contributed by atoms with Crippen LogP contribution < -0.4 is 0 Å². The fraction of sp³-hybridized carbons (Fsp3) is 0.324. The van der Waals surface area contributed by atoms with Gasteiger partial charge in [0, 0.05) is 31.9 Å². The Morgan fingerprint density at radius 2 is 1.67 bits per heavy atom. The van der Waals surface area contributed by atoms with Gasteiger partial charge in [-0.15, -0.1) is 11.3 Å². The summed E-state index contributed by atoms with van der Waals surface area (Å²) in [6.07, 6.45) is 10.6. The Morgan fingerprint density at radius 3 is 2.44 bits per heavy atom. The summed E-state index contributed by atoms with van der Waals surface area (Å²) in [5.74, 6) is 2.82. The lowest BCUT2D eigenvalue weighted by Gasteiger charge is -2.42. The number of aryl methyl sites for hydroxylation is 2. The van der Waals surface area contributed by atoms with Gasteiger partial charge in [-0.3, -0.25) is 4.98 Å². The average molecular weight is 488 g/mol. The summed E-state index contributed by atoms with van der Waals surface area (Å²) in [4.78, 5) is 4.81. The number of hydrogen-bond acceptors (Lipinski definition) is 2. The SMILES string of the molecule is Cc1cc2c(sc3ccc(-c4cc(CC5CC6CCC5CC6)ccn4)cc32)c(C)c1-c1ccccc1. The van der Waals surface area contributed by atoms with E-state index in [2.05, 4.69) is 80.6 Å². The second kappa shape index (κ2) is 8.85. The second-order valence-corrected chi connectivity index (χ2v) is 12.3. The average Bonchev–Trinajstić information content (AvgIpc) is 3.28. The van der Waals surface area contributed by atoms with Crippen LogP contribution in [0.25, 0.3) is 42.6 Å². The van der Waals surface area contributed by atoms with Crippen molar-refractivity contribution in [2.24, 2.45) is 17.8 Å². The van der Waals surface area contributed by atoms with Crippen molar-refractivity contribution in [3.05, 3.63) is 89.6 Å². The van der Waals surface area contributed by atoms with Crippen molar-refractivity contribution in [3.8, 4) is 22.4 Å². The molecule has 2 bridgehead atoms. The van der Waals surface area contributed by atoms with E-state index in [1.54, 1.807) is 0 Å². The van der Waals surface area contributed by atoms with Crippen LogP contribution in [0, 0.1) is 31.6 Å². The van der Waals surface area contributed by atoms with E-state index >= 15 is 0 Å². The van der Waals surface area contributed by atoms with E-state index in [1.165, 1.54) is 92.1 Å². The quantitative estimate of drug-likeness (QED) is 0.246. The number of thiophene rings is 1. The molecule has 2 aromatic heterocycles. The van der Waals surface area contributed by atoms with Crippen LogP contribution in [-0.2, 0) is 6.42 Å². The van der Waals surface area contributed by atoms with Crippen molar-refractivity contribution in [1.82, 2.24) is 4.98 Å². The number of nitrogens with zero attached hydrogens (tertiary/aromatic N) is 1. The van der Waals surface area contributed by atoms with E-state index in [-0.39, 0.29) is 0 Å². The molecule has 3 aromatic carbocycles. The molecule has 3 aliphatic rings. The van der Waals surface area contributed by atoms with Crippen molar-refractivity contribution in [1.29, 1.82) is 0 Å². The molecule has 3 aliphatic carbocycles. The van der Waals surface area contributed by atoms with Gasteiger partial charge in [0.2, 0.25) is 0 Å². The first-order valence-electron chi connectivity index (χ1n) is 13.6. The zero-order valence-corrected chi connectivity index (χ0v) is 22.1. The summed E-state index contributed by atoms with van der Waals surface area (Å²) in [6.45, 7) is 4.54. The first-order valence-corrected chi connectivity index (χ1v) is 14.4. The van der Waals surface area contributed by atoms with Gasteiger partial charge >= 0.3 is 0 Å². The van der Waals surface area contributed by atoms with Crippen LogP contribution >= 0.6 is 11.3 Å². The van der Waals surface area contributed by atoms with Gasteiger partial charge in [0.15, 0.2) is 0 Å². The number of fused-ring (bicyclic) bond motifs is 6. The lowest BCUT2D eigenvalue weighted by molar-refractivity contribution is 0.0991.